The van der Waals surface area contributed by atoms with Gasteiger partial charge in [-0.2, -0.15) is 0 Å². The molecule has 31 heavy (non-hydrogen) atoms. The maximum atomic E-state index is 12.7. The Bertz CT molecular complexity index is 1220. The van der Waals surface area contributed by atoms with Crippen LogP contribution in [0.2, 0.25) is 0 Å². The average molecular weight is 481 g/mol. The van der Waals surface area contributed by atoms with E-state index in [1.54, 1.807) is 32.4 Å². The Kier molecular flexibility index (Phi) is 6.23. The number of aromatic nitrogens is 1. The maximum absolute atomic E-state index is 12.7. The van der Waals surface area contributed by atoms with Gasteiger partial charge in [0.05, 0.1) is 14.2 Å². The average Bonchev–Trinajstić information content (AvgIpc) is 3.19. The molecule has 0 saturated heterocycles. The second kappa shape index (κ2) is 9.22. The number of oxazole rings is 1. The number of carbonyl (C=O) groups is 1. The van der Waals surface area contributed by atoms with Gasteiger partial charge in [0.1, 0.15) is 17.0 Å². The number of fused-ring (bicyclic) bond motifs is 1. The third kappa shape index (κ3) is 4.88. The van der Waals surface area contributed by atoms with E-state index in [1.165, 1.54) is 0 Å². The monoisotopic (exact) mass is 480 g/mol. The van der Waals surface area contributed by atoms with Gasteiger partial charge in [0.25, 0.3) is 5.91 Å². The molecular weight excluding hydrogens is 460 g/mol. The number of rotatable bonds is 7. The second-order valence-electron chi connectivity index (χ2n) is 6.95. The van der Waals surface area contributed by atoms with Gasteiger partial charge in [0, 0.05) is 28.6 Å². The Morgan fingerprint density at radius 1 is 1.03 bits per heavy atom. The molecule has 0 atom stereocenters. The first-order valence-corrected chi connectivity index (χ1v) is 10.5. The fourth-order valence-electron chi connectivity index (χ4n) is 3.27. The van der Waals surface area contributed by atoms with Crippen LogP contribution >= 0.6 is 15.9 Å². The number of carbonyl (C=O) groups excluding carboxylic acids is 1. The Balaban J connectivity index is 1.47. The maximum Gasteiger partial charge on any atom is 0.251 e. The lowest BCUT2D eigenvalue weighted by Gasteiger charge is -2.10. The van der Waals surface area contributed by atoms with Crippen molar-refractivity contribution in [2.75, 3.05) is 14.2 Å². The standard InChI is InChI=1S/C24H21BrN2O4/c1-29-19-7-3-15(4-8-19)11-23-27-20-9-5-16(13-22(20)31-23)24(28)26-14-17-12-18(25)6-10-21(17)30-2/h3-10,12-13H,11,14H2,1-2H3,(H,26,28). The number of amides is 1. The number of halogens is 1. The highest BCUT2D eigenvalue weighted by atomic mass is 79.9. The van der Waals surface area contributed by atoms with Gasteiger partial charge in [-0.05, 0) is 54.1 Å². The van der Waals surface area contributed by atoms with E-state index >= 15 is 0 Å². The normalized spacial score (nSPS) is 10.8. The summed E-state index contributed by atoms with van der Waals surface area (Å²) < 4.78 is 17.3. The van der Waals surface area contributed by atoms with Crippen LogP contribution in [-0.4, -0.2) is 25.1 Å². The second-order valence-corrected chi connectivity index (χ2v) is 7.87. The van der Waals surface area contributed by atoms with Gasteiger partial charge in [-0.15, -0.1) is 0 Å². The van der Waals surface area contributed by atoms with Crippen molar-refractivity contribution in [3.63, 3.8) is 0 Å². The minimum atomic E-state index is -0.197. The zero-order valence-electron chi connectivity index (χ0n) is 17.1. The summed E-state index contributed by atoms with van der Waals surface area (Å²) in [5.41, 5.74) is 3.75. The highest BCUT2D eigenvalue weighted by Gasteiger charge is 2.12. The SMILES string of the molecule is COc1ccc(Cc2nc3ccc(C(=O)NCc4cc(Br)ccc4OC)cc3o2)cc1. The molecule has 0 unspecified atom stereocenters. The van der Waals surface area contributed by atoms with Crippen LogP contribution in [0.4, 0.5) is 0 Å². The third-order valence-corrected chi connectivity index (χ3v) is 5.38. The topological polar surface area (TPSA) is 73.6 Å². The summed E-state index contributed by atoms with van der Waals surface area (Å²) in [5, 5.41) is 2.93. The smallest absolute Gasteiger partial charge is 0.251 e. The Morgan fingerprint density at radius 2 is 1.84 bits per heavy atom. The van der Waals surface area contributed by atoms with Crippen LogP contribution in [0.1, 0.15) is 27.4 Å². The molecular formula is C24H21BrN2O4. The van der Waals surface area contributed by atoms with Gasteiger partial charge in [-0.1, -0.05) is 28.1 Å². The van der Waals surface area contributed by atoms with Gasteiger partial charge >= 0.3 is 0 Å². The predicted octanol–water partition coefficient (Wildman–Crippen LogP) is 5.13. The molecule has 158 valence electrons. The van der Waals surface area contributed by atoms with Crippen LogP contribution in [0.3, 0.4) is 0 Å². The molecule has 0 aliphatic rings. The van der Waals surface area contributed by atoms with Crippen LogP contribution in [0.5, 0.6) is 11.5 Å². The van der Waals surface area contributed by atoms with Crippen molar-refractivity contribution >= 4 is 32.9 Å². The number of benzene rings is 3. The van der Waals surface area contributed by atoms with Crippen LogP contribution in [0, 0.1) is 0 Å². The molecule has 1 heterocycles. The molecule has 0 fully saturated rings. The Labute approximate surface area is 188 Å². The van der Waals surface area contributed by atoms with Crippen molar-refractivity contribution in [2.45, 2.75) is 13.0 Å². The molecule has 4 rings (SSSR count). The zero-order valence-corrected chi connectivity index (χ0v) is 18.7. The van der Waals surface area contributed by atoms with Crippen molar-refractivity contribution in [1.29, 1.82) is 0 Å². The number of hydrogen-bond donors (Lipinski definition) is 1. The summed E-state index contributed by atoms with van der Waals surface area (Å²) in [6.45, 7) is 0.346. The zero-order chi connectivity index (χ0) is 21.8. The van der Waals surface area contributed by atoms with Gasteiger partial charge in [-0.25, -0.2) is 4.98 Å². The Hall–Kier alpha value is -3.32. The third-order valence-electron chi connectivity index (χ3n) is 4.89. The molecule has 4 aromatic rings. The fraction of sp³-hybridized carbons (Fsp3) is 0.167. The summed E-state index contributed by atoms with van der Waals surface area (Å²) >= 11 is 3.44. The minimum absolute atomic E-state index is 0.197. The van der Waals surface area contributed by atoms with Crippen LogP contribution in [0.25, 0.3) is 11.1 Å². The number of methoxy groups -OCH3 is 2. The molecule has 1 N–H and O–H groups in total. The molecule has 3 aromatic carbocycles. The van der Waals surface area contributed by atoms with Crippen molar-refractivity contribution < 1.29 is 18.7 Å². The van der Waals surface area contributed by atoms with E-state index in [2.05, 4.69) is 26.2 Å². The lowest BCUT2D eigenvalue weighted by molar-refractivity contribution is 0.0950. The van der Waals surface area contributed by atoms with E-state index < -0.39 is 0 Å². The minimum Gasteiger partial charge on any atom is -0.497 e. The van der Waals surface area contributed by atoms with Gasteiger partial charge in [0.2, 0.25) is 0 Å². The van der Waals surface area contributed by atoms with Crippen molar-refractivity contribution in [3.05, 3.63) is 87.7 Å². The summed E-state index contributed by atoms with van der Waals surface area (Å²) in [6.07, 6.45) is 0.558. The largest absolute Gasteiger partial charge is 0.497 e. The van der Waals surface area contributed by atoms with E-state index in [0.29, 0.717) is 35.5 Å². The Morgan fingerprint density at radius 3 is 2.58 bits per heavy atom. The van der Waals surface area contributed by atoms with Gasteiger partial charge < -0.3 is 19.2 Å². The van der Waals surface area contributed by atoms with Crippen LogP contribution < -0.4 is 14.8 Å². The molecule has 0 bridgehead atoms. The summed E-state index contributed by atoms with van der Waals surface area (Å²) in [6, 6.07) is 18.7. The van der Waals surface area contributed by atoms with E-state index in [9.17, 15) is 4.79 Å². The van der Waals surface area contributed by atoms with Crippen molar-refractivity contribution in [1.82, 2.24) is 10.3 Å². The summed E-state index contributed by atoms with van der Waals surface area (Å²) in [5.74, 6) is 1.92. The first-order valence-electron chi connectivity index (χ1n) is 9.68. The van der Waals surface area contributed by atoms with Gasteiger partial charge in [0.15, 0.2) is 11.5 Å². The molecule has 0 aliphatic heterocycles. The van der Waals surface area contributed by atoms with Crippen LogP contribution in [-0.2, 0) is 13.0 Å². The first-order chi connectivity index (χ1) is 15.1. The molecule has 0 saturated carbocycles. The highest BCUT2D eigenvalue weighted by molar-refractivity contribution is 9.10. The number of nitrogens with one attached hydrogen (secondary N) is 1. The summed E-state index contributed by atoms with van der Waals surface area (Å²) in [4.78, 5) is 17.2. The molecule has 1 amide bonds. The van der Waals surface area contributed by atoms with Gasteiger partial charge in [-0.3, -0.25) is 4.79 Å². The van der Waals surface area contributed by atoms with Crippen LogP contribution in [0.15, 0.2) is 69.6 Å². The molecule has 6 nitrogen and oxygen atoms in total. The summed E-state index contributed by atoms with van der Waals surface area (Å²) in [7, 11) is 3.24. The van der Waals surface area contributed by atoms with E-state index in [-0.39, 0.29) is 5.91 Å². The molecule has 1 aromatic heterocycles. The number of hydrogen-bond acceptors (Lipinski definition) is 5. The molecule has 0 radical (unpaired) electrons. The lowest BCUT2D eigenvalue weighted by atomic mass is 10.1. The van der Waals surface area contributed by atoms with Crippen molar-refractivity contribution in [2.24, 2.45) is 0 Å². The molecule has 7 heteroatoms. The van der Waals surface area contributed by atoms with Crippen molar-refractivity contribution in [3.8, 4) is 11.5 Å². The van der Waals surface area contributed by atoms with E-state index in [1.807, 2.05) is 42.5 Å². The quantitative estimate of drug-likeness (QED) is 0.396. The first kappa shape index (κ1) is 20.9. The van der Waals surface area contributed by atoms with E-state index in [0.717, 1.165) is 27.1 Å². The van der Waals surface area contributed by atoms with E-state index in [4.69, 9.17) is 13.9 Å². The lowest BCUT2D eigenvalue weighted by Crippen LogP contribution is -2.23. The molecule has 0 spiro atoms. The highest BCUT2D eigenvalue weighted by Crippen LogP contribution is 2.24. The molecule has 0 aliphatic carbocycles. The number of nitrogens with zero attached hydrogens (tertiary/aromatic N) is 1. The fourth-order valence-corrected chi connectivity index (χ4v) is 3.68. The predicted molar refractivity (Wildman–Crippen MR) is 122 cm³/mol. The number of ether oxygens (including phenoxy) is 2.